The van der Waals surface area contributed by atoms with Gasteiger partial charge in [0, 0.05) is 0 Å². The standard InChI is InChI=1S/C9H6FNO2S/c1-5-4-6-2-3-14-9(6)8(7(5)10)11(12)13/h2-4H,1H3. The van der Waals surface area contributed by atoms with E-state index in [4.69, 9.17) is 0 Å². The highest BCUT2D eigenvalue weighted by atomic mass is 32.1. The highest BCUT2D eigenvalue weighted by Gasteiger charge is 2.21. The quantitative estimate of drug-likeness (QED) is 0.536. The van der Waals surface area contributed by atoms with Gasteiger partial charge in [0.1, 0.15) is 4.70 Å². The third-order valence-corrected chi connectivity index (χ3v) is 2.96. The van der Waals surface area contributed by atoms with Crippen LogP contribution in [-0.4, -0.2) is 4.92 Å². The summed E-state index contributed by atoms with van der Waals surface area (Å²) in [6.07, 6.45) is 0. The van der Waals surface area contributed by atoms with Crippen molar-refractivity contribution in [3.8, 4) is 0 Å². The number of halogens is 1. The molecule has 14 heavy (non-hydrogen) atoms. The zero-order valence-corrected chi connectivity index (χ0v) is 8.10. The van der Waals surface area contributed by atoms with Crippen LogP contribution in [0.25, 0.3) is 10.1 Å². The average Bonchev–Trinajstić information content (AvgIpc) is 2.52. The maximum absolute atomic E-state index is 13.4. The van der Waals surface area contributed by atoms with Crippen molar-refractivity contribution < 1.29 is 9.31 Å². The summed E-state index contributed by atoms with van der Waals surface area (Å²) in [4.78, 5) is 9.99. The molecule has 0 aliphatic rings. The van der Waals surface area contributed by atoms with Crippen LogP contribution in [0.4, 0.5) is 10.1 Å². The molecule has 0 amide bonds. The lowest BCUT2D eigenvalue weighted by molar-refractivity contribution is -0.385. The van der Waals surface area contributed by atoms with Gasteiger partial charge in [0.2, 0.25) is 5.82 Å². The Morgan fingerprint density at radius 3 is 2.93 bits per heavy atom. The van der Waals surface area contributed by atoms with Crippen LogP contribution >= 0.6 is 11.3 Å². The van der Waals surface area contributed by atoms with E-state index in [-0.39, 0.29) is 0 Å². The van der Waals surface area contributed by atoms with Gasteiger partial charge in [0.15, 0.2) is 0 Å². The zero-order chi connectivity index (χ0) is 10.3. The molecular formula is C9H6FNO2S. The summed E-state index contributed by atoms with van der Waals surface area (Å²) in [5, 5.41) is 13.1. The fourth-order valence-corrected chi connectivity index (χ4v) is 2.26. The van der Waals surface area contributed by atoms with Crippen molar-refractivity contribution in [3.05, 3.63) is 39.0 Å². The van der Waals surface area contributed by atoms with E-state index in [2.05, 4.69) is 0 Å². The number of hydrogen-bond donors (Lipinski definition) is 0. The Morgan fingerprint density at radius 2 is 2.29 bits per heavy atom. The molecule has 0 spiro atoms. The van der Waals surface area contributed by atoms with E-state index in [1.807, 2.05) is 0 Å². The van der Waals surface area contributed by atoms with Crippen molar-refractivity contribution in [3.63, 3.8) is 0 Å². The van der Waals surface area contributed by atoms with E-state index in [0.29, 0.717) is 10.3 Å². The predicted molar refractivity (Wildman–Crippen MR) is 53.2 cm³/mol. The molecule has 5 heteroatoms. The first-order valence-electron chi connectivity index (χ1n) is 3.92. The minimum absolute atomic E-state index is 0.308. The highest BCUT2D eigenvalue weighted by molar-refractivity contribution is 7.17. The number of fused-ring (bicyclic) bond motifs is 1. The van der Waals surface area contributed by atoms with Gasteiger partial charge in [0.05, 0.1) is 4.92 Å². The first-order valence-corrected chi connectivity index (χ1v) is 4.80. The summed E-state index contributed by atoms with van der Waals surface area (Å²) in [7, 11) is 0. The maximum Gasteiger partial charge on any atom is 0.322 e. The minimum atomic E-state index is -0.732. The first-order chi connectivity index (χ1) is 6.61. The molecule has 0 fully saturated rings. The molecule has 3 nitrogen and oxygen atoms in total. The smallest absolute Gasteiger partial charge is 0.258 e. The van der Waals surface area contributed by atoms with Crippen LogP contribution in [0.2, 0.25) is 0 Å². The molecule has 1 aromatic carbocycles. The molecule has 1 heterocycles. The van der Waals surface area contributed by atoms with Crippen molar-refractivity contribution >= 4 is 27.1 Å². The summed E-state index contributed by atoms with van der Waals surface area (Å²) in [5.74, 6) is -0.732. The number of aryl methyl sites for hydroxylation is 1. The van der Waals surface area contributed by atoms with Crippen LogP contribution in [0, 0.1) is 22.9 Å². The van der Waals surface area contributed by atoms with Gasteiger partial charge in [0.25, 0.3) is 0 Å². The van der Waals surface area contributed by atoms with Gasteiger partial charge >= 0.3 is 5.69 Å². The van der Waals surface area contributed by atoms with Crippen LogP contribution in [0.3, 0.4) is 0 Å². The van der Waals surface area contributed by atoms with Gasteiger partial charge in [-0.05, 0) is 35.4 Å². The third-order valence-electron chi connectivity index (χ3n) is 2.02. The Kier molecular flexibility index (Phi) is 1.96. The van der Waals surface area contributed by atoms with Gasteiger partial charge in [-0.25, -0.2) is 0 Å². The molecule has 0 atom stereocenters. The number of rotatable bonds is 1. The Balaban J connectivity index is 2.93. The van der Waals surface area contributed by atoms with Crippen LogP contribution < -0.4 is 0 Å². The lowest BCUT2D eigenvalue weighted by Gasteiger charge is -1.99. The fourth-order valence-electron chi connectivity index (χ4n) is 1.37. The Labute approximate surface area is 82.9 Å². The maximum atomic E-state index is 13.4. The van der Waals surface area contributed by atoms with Crippen LogP contribution in [0.15, 0.2) is 17.5 Å². The molecule has 0 radical (unpaired) electrons. The van der Waals surface area contributed by atoms with E-state index in [1.54, 1.807) is 17.5 Å². The van der Waals surface area contributed by atoms with Crippen molar-refractivity contribution in [2.24, 2.45) is 0 Å². The van der Waals surface area contributed by atoms with Crippen molar-refractivity contribution in [1.82, 2.24) is 0 Å². The molecule has 1 aromatic heterocycles. The van der Waals surface area contributed by atoms with Crippen molar-refractivity contribution in [1.29, 1.82) is 0 Å². The molecule has 0 aliphatic carbocycles. The molecule has 2 aromatic rings. The first kappa shape index (κ1) is 9.08. The van der Waals surface area contributed by atoms with Crippen LogP contribution in [0.1, 0.15) is 5.56 Å². The van der Waals surface area contributed by atoms with Crippen LogP contribution in [-0.2, 0) is 0 Å². The molecule has 72 valence electrons. The Bertz CT molecular complexity index is 521. The number of nitrogens with zero attached hydrogens (tertiary/aromatic N) is 1. The summed E-state index contributed by atoms with van der Waals surface area (Å²) in [6, 6.07) is 3.37. The minimum Gasteiger partial charge on any atom is -0.258 e. The van der Waals surface area contributed by atoms with Crippen LogP contribution in [0.5, 0.6) is 0 Å². The number of nitro benzene ring substituents is 1. The summed E-state index contributed by atoms with van der Waals surface area (Å²) in [6.45, 7) is 1.53. The Morgan fingerprint density at radius 1 is 1.57 bits per heavy atom. The monoisotopic (exact) mass is 211 g/mol. The largest absolute Gasteiger partial charge is 0.322 e. The van der Waals surface area contributed by atoms with E-state index >= 15 is 0 Å². The average molecular weight is 211 g/mol. The third kappa shape index (κ3) is 1.17. The van der Waals surface area contributed by atoms with E-state index in [0.717, 1.165) is 5.39 Å². The molecule has 0 aliphatic heterocycles. The van der Waals surface area contributed by atoms with E-state index in [1.165, 1.54) is 18.3 Å². The molecule has 0 saturated heterocycles. The second kappa shape index (κ2) is 3.02. The van der Waals surface area contributed by atoms with E-state index < -0.39 is 16.4 Å². The van der Waals surface area contributed by atoms with Crippen molar-refractivity contribution in [2.75, 3.05) is 0 Å². The lowest BCUT2D eigenvalue weighted by atomic mass is 10.1. The summed E-state index contributed by atoms with van der Waals surface area (Å²) >= 11 is 1.18. The zero-order valence-electron chi connectivity index (χ0n) is 7.28. The predicted octanol–water partition coefficient (Wildman–Crippen LogP) is 3.26. The number of thiophene rings is 1. The highest BCUT2D eigenvalue weighted by Crippen LogP contribution is 2.34. The van der Waals surface area contributed by atoms with Gasteiger partial charge < -0.3 is 0 Å². The Hall–Kier alpha value is -1.49. The molecule has 0 bridgehead atoms. The van der Waals surface area contributed by atoms with Crippen molar-refractivity contribution in [2.45, 2.75) is 6.92 Å². The molecular weight excluding hydrogens is 205 g/mol. The fraction of sp³-hybridized carbons (Fsp3) is 0.111. The summed E-state index contributed by atoms with van der Waals surface area (Å²) < 4.78 is 13.8. The summed E-state index contributed by atoms with van der Waals surface area (Å²) in [5.41, 5.74) is -0.0994. The second-order valence-electron chi connectivity index (χ2n) is 2.95. The van der Waals surface area contributed by atoms with E-state index in [9.17, 15) is 14.5 Å². The van der Waals surface area contributed by atoms with Gasteiger partial charge in [-0.1, -0.05) is 0 Å². The molecule has 0 unspecified atom stereocenters. The van der Waals surface area contributed by atoms with Gasteiger partial charge in [-0.3, -0.25) is 10.1 Å². The number of benzene rings is 1. The normalized spacial score (nSPS) is 10.7. The molecule has 0 saturated carbocycles. The second-order valence-corrected chi connectivity index (χ2v) is 3.87. The van der Waals surface area contributed by atoms with Gasteiger partial charge in [-0.15, -0.1) is 11.3 Å². The lowest BCUT2D eigenvalue weighted by Crippen LogP contribution is -1.94. The molecule has 2 rings (SSSR count). The molecule has 0 N–H and O–H groups in total. The number of nitro groups is 1. The number of hydrogen-bond acceptors (Lipinski definition) is 3. The topological polar surface area (TPSA) is 43.1 Å². The van der Waals surface area contributed by atoms with Gasteiger partial charge in [-0.2, -0.15) is 4.39 Å². The SMILES string of the molecule is Cc1cc2ccsc2c([N+](=O)[O-])c1F.